The van der Waals surface area contributed by atoms with E-state index < -0.39 is 0 Å². The van der Waals surface area contributed by atoms with Gasteiger partial charge in [0.25, 0.3) is 0 Å². The average Bonchev–Trinajstić information content (AvgIpc) is 2.80. The van der Waals surface area contributed by atoms with Crippen molar-refractivity contribution in [3.8, 4) is 0 Å². The molecule has 24 saturated carbocycles. The summed E-state index contributed by atoms with van der Waals surface area (Å²) in [5.74, 6) is 24.7. The van der Waals surface area contributed by atoms with Crippen molar-refractivity contribution in [2.24, 2.45) is 182 Å². The van der Waals surface area contributed by atoms with Crippen molar-refractivity contribution in [3.05, 3.63) is 0 Å². The van der Waals surface area contributed by atoms with E-state index in [1.165, 1.54) is 107 Å². The molecule has 0 aliphatic heterocycles. The molecule has 0 nitrogen and oxygen atoms in total. The molecular formula is C36H26AgS. The molecule has 24 fully saturated rings. The number of hydrogen-bond donors (Lipinski definition) is 0. The number of rotatable bonds is 0. The van der Waals surface area contributed by atoms with Gasteiger partial charge in [-0.05, 0) is 208 Å². The van der Waals surface area contributed by atoms with Crippen molar-refractivity contribution < 1.29 is 19.2 Å². The molecule has 24 aliphatic rings. The molecule has 28 unspecified atom stereocenters. The molecule has 0 aromatic heterocycles. The van der Waals surface area contributed by atoms with Crippen molar-refractivity contribution >= 4 is 9.58 Å². The van der Waals surface area contributed by atoms with Gasteiger partial charge in [-0.3, -0.25) is 0 Å². The summed E-state index contributed by atoms with van der Waals surface area (Å²) in [6, 6.07) is 0. The van der Waals surface area contributed by atoms with Gasteiger partial charge < -0.3 is 0 Å². The van der Waals surface area contributed by atoms with E-state index in [9.17, 15) is 0 Å². The summed E-state index contributed by atoms with van der Waals surface area (Å²) in [5.41, 5.74) is 15.6. The zero-order valence-electron chi connectivity index (χ0n) is 20.9. The van der Waals surface area contributed by atoms with Crippen LogP contribution in [0.25, 0.3) is 0 Å². The molecule has 14 spiro atoms. The van der Waals surface area contributed by atoms with Gasteiger partial charge in [0.2, 0.25) is 0 Å². The standard InChI is InChI=1S/C36H26.Ag.S/c1-5-6-2-10-14-19-22-20-16-12-4-8-7-3-11-15-18-21-17-13-9(1)23(5)24(6,10)28(14)27(13,23)31(17)32(19,28)36(22)34(20)30(16)26(8,12)25(7,11)29(15,30)33(18,34)35(21,31)36;;/h5-22H,1-4H2;;. The van der Waals surface area contributed by atoms with Gasteiger partial charge >= 0.3 is 28.8 Å². The molecule has 28 atom stereocenters. The molecule has 0 saturated heterocycles. The van der Waals surface area contributed by atoms with E-state index in [4.69, 9.17) is 0 Å². The molecule has 38 heavy (non-hydrogen) atoms. The van der Waals surface area contributed by atoms with E-state index in [2.05, 4.69) is 28.8 Å². The third kappa shape index (κ3) is 0.386. The van der Waals surface area contributed by atoms with E-state index in [0.29, 0.717) is 0 Å². The van der Waals surface area contributed by atoms with Gasteiger partial charge in [0.15, 0.2) is 0 Å². The fraction of sp³-hybridized carbons (Fsp3) is 1.00. The zero-order chi connectivity index (χ0) is 22.2. The Kier molecular flexibility index (Phi) is 1.01. The molecule has 0 heterocycles. The van der Waals surface area contributed by atoms with Crippen LogP contribution in [0.1, 0.15) is 25.7 Å². The summed E-state index contributed by atoms with van der Waals surface area (Å²) in [6.45, 7) is 0. The van der Waals surface area contributed by atoms with Crippen LogP contribution in [-0.4, -0.2) is 0 Å². The minimum atomic E-state index is 1.10. The Morgan fingerprint density at radius 3 is 0.763 bits per heavy atom. The van der Waals surface area contributed by atoms with Crippen LogP contribution >= 0.6 is 9.58 Å². The molecule has 0 aromatic rings. The molecular weight excluding hydrogens is 572 g/mol. The SMILES string of the molecule is C1C2C3CC4C5C6C7C8C9C%10CC%11C%12CC%13C%14C%15C%16C%17C%18C1C21C34C52C%181C%171C62C72C83C94C%11%10C%12%13C%144C%153C%1612.[S]=[Ag]. The van der Waals surface area contributed by atoms with Crippen molar-refractivity contribution in [2.75, 3.05) is 0 Å². The Morgan fingerprint density at radius 1 is 0.289 bits per heavy atom. The molecule has 187 valence electrons. The second-order valence-corrected chi connectivity index (χ2v) is 22.6. The maximum absolute atomic E-state index is 3.89. The predicted octanol–water partition coefficient (Wildman–Crippen LogP) is 4.42. The molecule has 0 bridgehead atoms. The predicted molar refractivity (Wildman–Crippen MR) is 123 cm³/mol. The summed E-state index contributed by atoms with van der Waals surface area (Å²) in [6.07, 6.45) is 7.17. The van der Waals surface area contributed by atoms with Crippen molar-refractivity contribution in [1.82, 2.24) is 0 Å². The van der Waals surface area contributed by atoms with Gasteiger partial charge in [0.1, 0.15) is 0 Å². The third-order valence-corrected chi connectivity index (χ3v) is 29.6. The van der Waals surface area contributed by atoms with E-state index in [1.807, 2.05) is 0 Å². The monoisotopic (exact) mass is 597 g/mol. The Bertz CT molecular complexity index is 1780. The summed E-state index contributed by atoms with van der Waals surface area (Å²) in [5, 5.41) is 0. The Balaban J connectivity index is 0.000000738. The first-order valence-electron chi connectivity index (χ1n) is 18.0. The van der Waals surface area contributed by atoms with E-state index in [-0.39, 0.29) is 0 Å². The normalized spacial score (nSPS) is 125. The molecule has 0 amide bonds. The van der Waals surface area contributed by atoms with E-state index >= 15 is 0 Å². The Morgan fingerprint density at radius 2 is 0.500 bits per heavy atom. The summed E-state index contributed by atoms with van der Waals surface area (Å²) < 4.78 is 0. The van der Waals surface area contributed by atoms with Crippen molar-refractivity contribution in [3.63, 3.8) is 0 Å². The molecule has 0 radical (unpaired) electrons. The molecule has 24 aliphatic carbocycles. The van der Waals surface area contributed by atoms with Crippen LogP contribution in [0.2, 0.25) is 0 Å². The molecule has 24 rings (SSSR count). The Labute approximate surface area is 235 Å². The minimum absolute atomic E-state index is 1.10. The first-order chi connectivity index (χ1) is 18.9. The topological polar surface area (TPSA) is 0 Å². The molecule has 0 aromatic carbocycles. The zero-order valence-corrected chi connectivity index (χ0v) is 23.2. The van der Waals surface area contributed by atoms with Gasteiger partial charge in [-0.1, -0.05) is 0 Å². The Hall–Kier alpha value is 0.960. The van der Waals surface area contributed by atoms with Crippen LogP contribution in [0.5, 0.6) is 0 Å². The van der Waals surface area contributed by atoms with E-state index in [0.717, 1.165) is 75.8 Å². The van der Waals surface area contributed by atoms with Crippen LogP contribution in [0, 0.1) is 182 Å². The maximum atomic E-state index is 3.89. The van der Waals surface area contributed by atoms with Gasteiger partial charge in [-0.25, -0.2) is 0 Å². The fourth-order valence-electron chi connectivity index (χ4n) is 36.3. The van der Waals surface area contributed by atoms with Crippen molar-refractivity contribution in [2.45, 2.75) is 25.7 Å². The van der Waals surface area contributed by atoms with Gasteiger partial charge in [0.05, 0.1) is 0 Å². The number of fused-ring (bicyclic) bond motifs is 14. The fourth-order valence-corrected chi connectivity index (χ4v) is 36.3. The third-order valence-electron chi connectivity index (χ3n) is 29.6. The first-order valence-corrected chi connectivity index (χ1v) is 20.1. The quantitative estimate of drug-likeness (QED) is 0.373. The van der Waals surface area contributed by atoms with Gasteiger partial charge in [-0.2, -0.15) is 0 Å². The summed E-state index contributed by atoms with van der Waals surface area (Å²) in [4.78, 5) is 0. The van der Waals surface area contributed by atoms with Gasteiger partial charge in [-0.15, -0.1) is 0 Å². The van der Waals surface area contributed by atoms with Crippen LogP contribution in [0.15, 0.2) is 0 Å². The van der Waals surface area contributed by atoms with E-state index in [1.54, 1.807) is 25.7 Å². The first kappa shape index (κ1) is 15.1. The number of hydrogen-bond acceptors (Lipinski definition) is 1. The summed E-state index contributed by atoms with van der Waals surface area (Å²) in [7, 11) is 3.89. The molecule has 2 heteroatoms. The van der Waals surface area contributed by atoms with Gasteiger partial charge in [0, 0.05) is 0 Å². The van der Waals surface area contributed by atoms with Crippen LogP contribution in [0.3, 0.4) is 0 Å². The second-order valence-electron chi connectivity index (χ2n) is 22.6. The van der Waals surface area contributed by atoms with Crippen LogP contribution < -0.4 is 0 Å². The average molecular weight is 599 g/mol. The van der Waals surface area contributed by atoms with Crippen molar-refractivity contribution in [1.29, 1.82) is 0 Å². The van der Waals surface area contributed by atoms with Crippen LogP contribution in [-0.2, 0) is 19.2 Å². The summed E-state index contributed by atoms with van der Waals surface area (Å²) >= 11 is 2.53. The second kappa shape index (κ2) is 2.54. The molecule has 0 N–H and O–H groups in total. The van der Waals surface area contributed by atoms with Crippen LogP contribution in [0.4, 0.5) is 0 Å².